The standard InChI is InChI=1S/C11H11N3O7S/c12-22(20,21)6-4-9(15)13(5-6)10-7(11(16)17)2-1-3-8(10)14(18)19/h1-3,6H,4-5H2,(H,16,17)(H2,12,20,21). The van der Waals surface area contributed by atoms with Crippen LogP contribution in [0.4, 0.5) is 11.4 Å². The third-order valence-electron chi connectivity index (χ3n) is 3.27. The highest BCUT2D eigenvalue weighted by molar-refractivity contribution is 7.89. The third kappa shape index (κ3) is 2.76. The van der Waals surface area contributed by atoms with Gasteiger partial charge in [-0.25, -0.2) is 18.4 Å². The summed E-state index contributed by atoms with van der Waals surface area (Å²) < 4.78 is 22.7. The maximum absolute atomic E-state index is 12.0. The van der Waals surface area contributed by atoms with Crippen LogP contribution in [0.3, 0.4) is 0 Å². The number of benzene rings is 1. The number of hydrogen-bond acceptors (Lipinski definition) is 6. The zero-order valence-corrected chi connectivity index (χ0v) is 11.8. The number of para-hydroxylation sites is 1. The first-order valence-electron chi connectivity index (χ1n) is 5.95. The second kappa shape index (κ2) is 5.35. The molecule has 0 aliphatic carbocycles. The van der Waals surface area contributed by atoms with Crippen molar-refractivity contribution in [1.82, 2.24) is 0 Å². The van der Waals surface area contributed by atoms with Crippen molar-refractivity contribution in [3.8, 4) is 0 Å². The monoisotopic (exact) mass is 329 g/mol. The highest BCUT2D eigenvalue weighted by Gasteiger charge is 2.41. The number of carboxylic acids is 1. The van der Waals surface area contributed by atoms with Gasteiger partial charge in [-0.3, -0.25) is 14.9 Å². The van der Waals surface area contributed by atoms with E-state index in [0.717, 1.165) is 17.0 Å². The molecule has 1 saturated heterocycles. The fourth-order valence-corrected chi connectivity index (χ4v) is 2.98. The fraction of sp³-hybridized carbons (Fsp3) is 0.273. The molecule has 1 aromatic rings. The summed E-state index contributed by atoms with van der Waals surface area (Å²) in [6, 6.07) is 3.31. The largest absolute Gasteiger partial charge is 0.478 e. The number of carbonyl (C=O) groups excluding carboxylic acids is 1. The van der Waals surface area contributed by atoms with Gasteiger partial charge in [-0.1, -0.05) is 6.07 Å². The number of amides is 1. The summed E-state index contributed by atoms with van der Waals surface area (Å²) in [7, 11) is -4.02. The van der Waals surface area contributed by atoms with Crippen LogP contribution in [0.1, 0.15) is 16.8 Å². The number of primary sulfonamides is 1. The summed E-state index contributed by atoms with van der Waals surface area (Å²) in [6.45, 7) is -0.428. The lowest BCUT2D eigenvalue weighted by Gasteiger charge is -2.18. The summed E-state index contributed by atoms with van der Waals surface area (Å²) in [5.41, 5.74) is -1.49. The lowest BCUT2D eigenvalue weighted by Crippen LogP contribution is -2.33. The molecule has 3 N–H and O–H groups in total. The smallest absolute Gasteiger partial charge is 0.338 e. The number of carbonyl (C=O) groups is 2. The van der Waals surface area contributed by atoms with Gasteiger partial charge in [0, 0.05) is 19.0 Å². The minimum Gasteiger partial charge on any atom is -0.478 e. The highest BCUT2D eigenvalue weighted by Crippen LogP contribution is 2.35. The van der Waals surface area contributed by atoms with Crippen molar-refractivity contribution in [1.29, 1.82) is 0 Å². The van der Waals surface area contributed by atoms with Crippen molar-refractivity contribution in [3.63, 3.8) is 0 Å². The molecule has 11 heteroatoms. The second-order valence-corrected chi connectivity index (χ2v) is 6.50. The molecule has 1 amide bonds. The molecule has 1 unspecified atom stereocenters. The van der Waals surface area contributed by atoms with Crippen LogP contribution in [0.5, 0.6) is 0 Å². The zero-order valence-electron chi connectivity index (χ0n) is 11.0. The van der Waals surface area contributed by atoms with Crippen molar-refractivity contribution in [2.75, 3.05) is 11.4 Å². The van der Waals surface area contributed by atoms with E-state index < -0.39 is 62.0 Å². The predicted octanol–water partition coefficient (Wildman–Crippen LogP) is -0.313. The molecule has 118 valence electrons. The predicted molar refractivity (Wildman–Crippen MR) is 73.9 cm³/mol. The highest BCUT2D eigenvalue weighted by atomic mass is 32.2. The van der Waals surface area contributed by atoms with Crippen molar-refractivity contribution in [2.45, 2.75) is 11.7 Å². The molecule has 1 fully saturated rings. The Bertz CT molecular complexity index is 742. The number of carboxylic acid groups (broad SMARTS) is 1. The summed E-state index contributed by atoms with van der Waals surface area (Å²) in [6.07, 6.45) is -0.454. The first kappa shape index (κ1) is 15.9. The second-order valence-electron chi connectivity index (χ2n) is 4.66. The minimum absolute atomic E-state index is 0.428. The van der Waals surface area contributed by atoms with E-state index in [4.69, 9.17) is 10.2 Å². The van der Waals surface area contributed by atoms with Gasteiger partial charge in [0.2, 0.25) is 15.9 Å². The topological polar surface area (TPSA) is 161 Å². The van der Waals surface area contributed by atoms with E-state index >= 15 is 0 Å². The van der Waals surface area contributed by atoms with Gasteiger partial charge in [0.25, 0.3) is 5.69 Å². The summed E-state index contributed by atoms with van der Waals surface area (Å²) in [5.74, 6) is -2.21. The number of rotatable bonds is 4. The quantitative estimate of drug-likeness (QED) is 0.565. The SMILES string of the molecule is NS(=O)(=O)C1CC(=O)N(c2c(C(=O)O)cccc2[N+](=O)[O-])C1. The summed E-state index contributed by atoms with van der Waals surface area (Å²) in [5, 5.41) is 24.0. The number of aromatic carboxylic acids is 1. The number of nitro groups is 1. The Kier molecular flexibility index (Phi) is 3.85. The molecule has 2 rings (SSSR count). The van der Waals surface area contributed by atoms with Crippen LogP contribution in [0, 0.1) is 10.1 Å². The minimum atomic E-state index is -4.02. The zero-order chi connectivity index (χ0) is 16.7. The Labute approximate surface area is 124 Å². The lowest BCUT2D eigenvalue weighted by molar-refractivity contribution is -0.384. The molecule has 0 aromatic heterocycles. The van der Waals surface area contributed by atoms with Crippen LogP contribution >= 0.6 is 0 Å². The third-order valence-corrected chi connectivity index (χ3v) is 4.51. The molecule has 10 nitrogen and oxygen atoms in total. The van der Waals surface area contributed by atoms with E-state index in [9.17, 15) is 28.1 Å². The van der Waals surface area contributed by atoms with Crippen LogP contribution in [-0.4, -0.2) is 42.1 Å². The average Bonchev–Trinajstić information content (AvgIpc) is 2.79. The number of hydrogen-bond donors (Lipinski definition) is 2. The molecule has 0 spiro atoms. The summed E-state index contributed by atoms with van der Waals surface area (Å²) in [4.78, 5) is 34.2. The maximum atomic E-state index is 12.0. The Morgan fingerprint density at radius 2 is 2.09 bits per heavy atom. The van der Waals surface area contributed by atoms with Crippen LogP contribution in [-0.2, 0) is 14.8 Å². The maximum Gasteiger partial charge on any atom is 0.338 e. The average molecular weight is 329 g/mol. The van der Waals surface area contributed by atoms with Crippen molar-refractivity contribution in [3.05, 3.63) is 33.9 Å². The van der Waals surface area contributed by atoms with Gasteiger partial charge in [-0.05, 0) is 6.07 Å². The van der Waals surface area contributed by atoms with Crippen LogP contribution in [0.2, 0.25) is 0 Å². The van der Waals surface area contributed by atoms with Crippen molar-refractivity contribution < 1.29 is 28.0 Å². The lowest BCUT2D eigenvalue weighted by atomic mass is 10.1. The normalized spacial score (nSPS) is 18.5. The number of sulfonamides is 1. The molecule has 1 aliphatic heterocycles. The van der Waals surface area contributed by atoms with Gasteiger partial charge in [0.1, 0.15) is 10.9 Å². The first-order valence-corrected chi connectivity index (χ1v) is 7.56. The molecule has 1 aromatic carbocycles. The van der Waals surface area contributed by atoms with Crippen molar-refractivity contribution >= 4 is 33.3 Å². The number of anilines is 1. The van der Waals surface area contributed by atoms with Crippen LogP contribution in [0.25, 0.3) is 0 Å². The molecule has 1 heterocycles. The molecule has 1 aliphatic rings. The van der Waals surface area contributed by atoms with E-state index in [-0.39, 0.29) is 0 Å². The Hall–Kier alpha value is -2.53. The molecular weight excluding hydrogens is 318 g/mol. The van der Waals surface area contributed by atoms with Crippen molar-refractivity contribution in [2.24, 2.45) is 5.14 Å². The van der Waals surface area contributed by atoms with Gasteiger partial charge in [0.05, 0.1) is 10.5 Å². The van der Waals surface area contributed by atoms with Gasteiger partial charge in [-0.15, -0.1) is 0 Å². The number of nitro benzene ring substituents is 1. The van der Waals surface area contributed by atoms with Gasteiger partial charge in [-0.2, -0.15) is 0 Å². The molecule has 0 bridgehead atoms. The van der Waals surface area contributed by atoms with E-state index in [1.54, 1.807) is 0 Å². The van der Waals surface area contributed by atoms with Crippen LogP contribution in [0.15, 0.2) is 18.2 Å². The molecule has 0 radical (unpaired) electrons. The molecule has 22 heavy (non-hydrogen) atoms. The number of nitrogens with two attached hydrogens (primary N) is 1. The van der Waals surface area contributed by atoms with Gasteiger partial charge < -0.3 is 10.0 Å². The number of nitrogens with zero attached hydrogens (tertiary/aromatic N) is 2. The Balaban J connectivity index is 2.59. The van der Waals surface area contributed by atoms with E-state index in [0.29, 0.717) is 0 Å². The first-order chi connectivity index (χ1) is 10.1. The molecule has 1 atom stereocenters. The Morgan fingerprint density at radius 1 is 1.45 bits per heavy atom. The van der Waals surface area contributed by atoms with E-state index in [1.165, 1.54) is 6.07 Å². The molecular formula is C11H11N3O7S. The Morgan fingerprint density at radius 3 is 2.55 bits per heavy atom. The van der Waals surface area contributed by atoms with E-state index in [2.05, 4.69) is 0 Å². The van der Waals surface area contributed by atoms with Gasteiger partial charge >= 0.3 is 5.97 Å². The van der Waals surface area contributed by atoms with Crippen LogP contribution < -0.4 is 10.0 Å². The fourth-order valence-electron chi connectivity index (χ4n) is 2.25. The van der Waals surface area contributed by atoms with Gasteiger partial charge in [0.15, 0.2) is 0 Å². The van der Waals surface area contributed by atoms with E-state index in [1.807, 2.05) is 0 Å². The molecule has 0 saturated carbocycles. The summed E-state index contributed by atoms with van der Waals surface area (Å²) >= 11 is 0.